The summed E-state index contributed by atoms with van der Waals surface area (Å²) in [5, 5.41) is 3.94. The van der Waals surface area contributed by atoms with Gasteiger partial charge in [-0.3, -0.25) is 5.32 Å². The van der Waals surface area contributed by atoms with Crippen LogP contribution in [0.4, 0.5) is 0 Å². The maximum absolute atomic E-state index is 3.94. The number of hydrogen-bond donors (Lipinski definition) is 1. The van der Waals surface area contributed by atoms with Crippen LogP contribution in [-0.2, 0) is 0 Å². The molecule has 22 heavy (non-hydrogen) atoms. The van der Waals surface area contributed by atoms with Crippen molar-refractivity contribution in [1.82, 2.24) is 5.32 Å². The lowest BCUT2D eigenvalue weighted by atomic mass is 9.87. The summed E-state index contributed by atoms with van der Waals surface area (Å²) in [4.78, 5) is 1.41. The smallest absolute Gasteiger partial charge is 0.0592 e. The van der Waals surface area contributed by atoms with E-state index in [4.69, 9.17) is 0 Å². The van der Waals surface area contributed by atoms with E-state index in [2.05, 4.69) is 80.7 Å². The van der Waals surface area contributed by atoms with Gasteiger partial charge in [-0.25, -0.2) is 0 Å². The third-order valence-corrected chi connectivity index (χ3v) is 6.07. The largest absolute Gasteiger partial charge is 0.300 e. The van der Waals surface area contributed by atoms with E-state index in [1.165, 1.54) is 16.0 Å². The average molecular weight is 334 g/mol. The summed E-state index contributed by atoms with van der Waals surface area (Å²) < 4.78 is 0. The fourth-order valence-electron chi connectivity index (χ4n) is 2.77. The maximum Gasteiger partial charge on any atom is 0.0592 e. The highest BCUT2D eigenvalue weighted by Gasteiger charge is 2.35. The Labute approximate surface area is 144 Å². The monoisotopic (exact) mass is 333 g/mol. The van der Waals surface area contributed by atoms with Crippen molar-refractivity contribution in [2.75, 3.05) is 5.75 Å². The van der Waals surface area contributed by atoms with Crippen LogP contribution >= 0.6 is 24.2 Å². The molecule has 0 aromatic heterocycles. The van der Waals surface area contributed by atoms with Gasteiger partial charge in [-0.05, 0) is 30.0 Å². The summed E-state index contributed by atoms with van der Waals surface area (Å²) in [7, 11) is 0. The first-order chi connectivity index (χ1) is 10.1. The molecule has 1 nitrogen and oxygen atoms in total. The second-order valence-electron chi connectivity index (χ2n) is 6.39. The van der Waals surface area contributed by atoms with Gasteiger partial charge in [-0.2, -0.15) is 0 Å². The summed E-state index contributed by atoms with van der Waals surface area (Å²) in [6, 6.07) is 19.9. The van der Waals surface area contributed by atoms with Crippen molar-refractivity contribution in [3.05, 3.63) is 65.7 Å². The van der Waals surface area contributed by atoms with E-state index < -0.39 is 0 Å². The summed E-state index contributed by atoms with van der Waals surface area (Å²) in [5.41, 5.74) is 2.88. The Bertz CT molecular complexity index is 614. The highest BCUT2D eigenvalue weighted by Crippen LogP contribution is 2.39. The van der Waals surface area contributed by atoms with Crippen LogP contribution in [0.25, 0.3) is 0 Å². The van der Waals surface area contributed by atoms with Gasteiger partial charge in [-0.15, -0.1) is 24.2 Å². The van der Waals surface area contributed by atoms with Gasteiger partial charge in [0.25, 0.3) is 0 Å². The Kier molecular flexibility index (Phi) is 5.60. The average Bonchev–Trinajstić information content (AvgIpc) is 2.67. The molecule has 2 aromatic rings. The first-order valence-electron chi connectivity index (χ1n) is 7.64. The lowest BCUT2D eigenvalue weighted by Crippen LogP contribution is -2.50. The summed E-state index contributed by atoms with van der Waals surface area (Å²) in [5.74, 6) is 1.69. The van der Waals surface area contributed by atoms with E-state index in [0.29, 0.717) is 5.92 Å². The Morgan fingerprint density at radius 2 is 1.68 bits per heavy atom. The first-order valence-corrected chi connectivity index (χ1v) is 8.63. The number of nitrogens with one attached hydrogen (secondary N) is 1. The molecule has 0 saturated heterocycles. The predicted molar refractivity (Wildman–Crippen MR) is 99.1 cm³/mol. The molecule has 0 aliphatic carbocycles. The molecule has 3 rings (SSSR count). The second kappa shape index (κ2) is 7.08. The fraction of sp³-hybridized carbons (Fsp3) is 0.368. The highest BCUT2D eigenvalue weighted by atomic mass is 35.5. The highest BCUT2D eigenvalue weighted by molar-refractivity contribution is 7.99. The van der Waals surface area contributed by atoms with Crippen LogP contribution in [-0.4, -0.2) is 11.3 Å². The quantitative estimate of drug-likeness (QED) is 0.799. The van der Waals surface area contributed by atoms with Gasteiger partial charge in [0.2, 0.25) is 0 Å². The van der Waals surface area contributed by atoms with Gasteiger partial charge in [0, 0.05) is 16.2 Å². The predicted octanol–water partition coefficient (Wildman–Crippen LogP) is 5.31. The Hall–Kier alpha value is -0.960. The molecule has 1 N–H and O–H groups in total. The molecular formula is C19H24ClNS. The number of rotatable bonds is 2. The molecule has 0 amide bonds. The van der Waals surface area contributed by atoms with Crippen molar-refractivity contribution in [3.8, 4) is 0 Å². The first kappa shape index (κ1) is 17.4. The van der Waals surface area contributed by atoms with E-state index in [1.54, 1.807) is 0 Å². The normalized spacial score (nSPS) is 24.3. The summed E-state index contributed by atoms with van der Waals surface area (Å²) in [6.07, 6.45) is 0. The molecule has 0 unspecified atom stereocenters. The number of thioether (sulfide) groups is 1. The number of halogens is 1. The zero-order valence-electron chi connectivity index (χ0n) is 13.4. The third kappa shape index (κ3) is 3.34. The molecule has 1 heterocycles. The summed E-state index contributed by atoms with van der Waals surface area (Å²) in [6.45, 7) is 6.98. The number of hydrogen-bond acceptors (Lipinski definition) is 2. The molecule has 0 spiro atoms. The molecule has 0 bridgehead atoms. The number of benzene rings is 2. The van der Waals surface area contributed by atoms with Crippen molar-refractivity contribution in [2.24, 2.45) is 5.92 Å². The van der Waals surface area contributed by atoms with Crippen LogP contribution in [0.2, 0.25) is 0 Å². The molecule has 1 aliphatic heterocycles. The Morgan fingerprint density at radius 3 is 2.36 bits per heavy atom. The molecule has 118 valence electrons. The van der Waals surface area contributed by atoms with Gasteiger partial charge in [0.05, 0.1) is 6.04 Å². The molecular weight excluding hydrogens is 310 g/mol. The van der Waals surface area contributed by atoms with Crippen molar-refractivity contribution in [3.63, 3.8) is 0 Å². The lowest BCUT2D eigenvalue weighted by molar-refractivity contribution is 0.277. The molecule has 3 heteroatoms. The zero-order valence-corrected chi connectivity index (χ0v) is 15.0. The fourth-order valence-corrected chi connectivity index (χ4v) is 4.17. The van der Waals surface area contributed by atoms with Gasteiger partial charge in [-0.1, -0.05) is 62.4 Å². The topological polar surface area (TPSA) is 12.0 Å². The lowest BCUT2D eigenvalue weighted by Gasteiger charge is -2.36. The molecule has 2 aromatic carbocycles. The van der Waals surface area contributed by atoms with Gasteiger partial charge in [0.15, 0.2) is 0 Å². The van der Waals surface area contributed by atoms with Crippen LogP contribution in [0.15, 0.2) is 59.5 Å². The van der Waals surface area contributed by atoms with E-state index >= 15 is 0 Å². The van der Waals surface area contributed by atoms with Gasteiger partial charge >= 0.3 is 0 Å². The minimum absolute atomic E-state index is 0. The van der Waals surface area contributed by atoms with Crippen molar-refractivity contribution < 1.29 is 0 Å². The third-order valence-electron chi connectivity index (χ3n) is 4.64. The molecule has 0 radical (unpaired) electrons. The van der Waals surface area contributed by atoms with E-state index in [0.717, 1.165) is 5.75 Å². The molecule has 2 atom stereocenters. The van der Waals surface area contributed by atoms with E-state index in [1.807, 2.05) is 11.8 Å². The van der Waals surface area contributed by atoms with Gasteiger partial charge < -0.3 is 0 Å². The minimum atomic E-state index is 0. The second-order valence-corrected chi connectivity index (χ2v) is 7.40. The van der Waals surface area contributed by atoms with Gasteiger partial charge in [0.1, 0.15) is 0 Å². The van der Waals surface area contributed by atoms with Crippen molar-refractivity contribution >= 4 is 24.2 Å². The van der Waals surface area contributed by atoms with Crippen LogP contribution in [0.3, 0.4) is 0 Å². The van der Waals surface area contributed by atoms with Crippen LogP contribution in [0.5, 0.6) is 0 Å². The molecule has 0 saturated carbocycles. The Balaban J connectivity index is 0.00000176. The maximum atomic E-state index is 3.94. The SMILES string of the molecule is CC(C)[C@]1(C)CSc2ccccc2[C@@H](c2ccccc2)N1.Cl. The standard InChI is InChI=1S/C19H23NS.ClH/c1-14(2)19(3)13-21-17-12-8-7-11-16(17)18(20-19)15-9-5-4-6-10-15;/h4-12,14,18,20H,13H2,1-3H3;1H/t18-,19+;/m1./s1. The van der Waals surface area contributed by atoms with Crippen LogP contribution in [0.1, 0.15) is 37.9 Å². The van der Waals surface area contributed by atoms with E-state index in [-0.39, 0.29) is 24.0 Å². The molecule has 1 aliphatic rings. The Morgan fingerprint density at radius 1 is 1.05 bits per heavy atom. The van der Waals surface area contributed by atoms with Crippen LogP contribution in [0, 0.1) is 5.92 Å². The summed E-state index contributed by atoms with van der Waals surface area (Å²) >= 11 is 1.98. The van der Waals surface area contributed by atoms with Crippen molar-refractivity contribution in [1.29, 1.82) is 0 Å². The molecule has 0 fully saturated rings. The van der Waals surface area contributed by atoms with E-state index in [9.17, 15) is 0 Å². The van der Waals surface area contributed by atoms with Crippen LogP contribution < -0.4 is 5.32 Å². The van der Waals surface area contributed by atoms with Crippen molar-refractivity contribution in [2.45, 2.75) is 37.2 Å². The number of fused-ring (bicyclic) bond motifs is 1. The minimum Gasteiger partial charge on any atom is -0.300 e. The zero-order chi connectivity index (χ0) is 14.9.